The van der Waals surface area contributed by atoms with E-state index in [1.54, 1.807) is 13.2 Å². The van der Waals surface area contributed by atoms with Crippen molar-refractivity contribution in [2.45, 2.75) is 34.6 Å². The number of aromatic nitrogens is 2. The van der Waals surface area contributed by atoms with Crippen molar-refractivity contribution in [1.82, 2.24) is 9.97 Å². The van der Waals surface area contributed by atoms with Crippen LogP contribution in [0.1, 0.15) is 34.6 Å². The van der Waals surface area contributed by atoms with E-state index in [2.05, 4.69) is 15.3 Å². The Hall–Kier alpha value is 0.455. The second kappa shape index (κ2) is 19.8. The van der Waals surface area contributed by atoms with Gasteiger partial charge in [0, 0.05) is 17.8 Å². The molecule has 4 heteroatoms. The van der Waals surface area contributed by atoms with Gasteiger partial charge in [0.05, 0.1) is 0 Å². The molecule has 18 heavy (non-hydrogen) atoms. The van der Waals surface area contributed by atoms with Gasteiger partial charge in [-0.25, -0.2) is 4.98 Å². The number of rotatable bonds is 1. The molecule has 1 N–H and O–H groups in total. The maximum Gasteiger partial charge on any atom is 1.00 e. The monoisotopic (exact) mass is 321 g/mol. The molecule has 2 rings (SSSR count). The molecule has 2 heterocycles. The summed E-state index contributed by atoms with van der Waals surface area (Å²) in [4.78, 5) is 7.09. The Balaban J connectivity index is -0.000000218. The molecule has 2 aromatic heterocycles. The summed E-state index contributed by atoms with van der Waals surface area (Å²) in [5.41, 5.74) is 0.956. The fraction of sp³-hybridized carbons (Fsp3) is 0.500. The van der Waals surface area contributed by atoms with Crippen LogP contribution >= 0.6 is 0 Å². The third kappa shape index (κ3) is 11.5. The van der Waals surface area contributed by atoms with Gasteiger partial charge in [-0.1, -0.05) is 34.6 Å². The van der Waals surface area contributed by atoms with Crippen LogP contribution in [0.4, 0.5) is 0 Å². The molecule has 0 bridgehead atoms. The van der Waals surface area contributed by atoms with Crippen molar-refractivity contribution in [3.05, 3.63) is 35.9 Å². The van der Waals surface area contributed by atoms with Crippen molar-refractivity contribution < 1.29 is 58.2 Å². The summed E-state index contributed by atoms with van der Waals surface area (Å²) >= 11 is 0. The number of fused-ring (bicyclic) bond motifs is 1. The summed E-state index contributed by atoms with van der Waals surface area (Å²) in [5.74, 6) is 0. The van der Waals surface area contributed by atoms with Gasteiger partial charge >= 0.3 is 58.2 Å². The van der Waals surface area contributed by atoms with Crippen LogP contribution in [0, 0.1) is 0 Å². The largest absolute Gasteiger partial charge is 1.00 e. The number of pyridine rings is 1. The smallest absolute Gasteiger partial charge is 0.665 e. The van der Waals surface area contributed by atoms with E-state index in [0.29, 0.717) is 0 Å². The Morgan fingerprint density at radius 3 is 2.17 bits per heavy atom. The normalized spacial score (nSPS) is 7.44. The zero-order valence-electron chi connectivity index (χ0n) is 13.0. The predicted octanol–water partition coefficient (Wildman–Crippen LogP) is 1.63. The first kappa shape index (κ1) is 23.5. The van der Waals surface area contributed by atoms with Crippen molar-refractivity contribution in [2.24, 2.45) is 0 Å². The Labute approximate surface area is 161 Å². The molecule has 0 radical (unpaired) electrons. The fourth-order valence-corrected chi connectivity index (χ4v) is 0.883. The number of hydrogen-bond acceptors (Lipinski definition) is 1. The predicted molar refractivity (Wildman–Crippen MR) is 78.6 cm³/mol. The second-order valence-electron chi connectivity index (χ2n) is 2.55. The number of hydrogen-bond donors (Lipinski definition) is 1. The number of nitrogens with one attached hydrogen (secondary N) is 1. The van der Waals surface area contributed by atoms with E-state index < -0.39 is 0 Å². The maximum atomic E-state index is 4.09. The van der Waals surface area contributed by atoms with Gasteiger partial charge in [-0.2, -0.15) is 13.6 Å². The summed E-state index contributed by atoms with van der Waals surface area (Å²) in [6.07, 6.45) is 3.66. The minimum Gasteiger partial charge on any atom is -0.665 e. The average Bonchev–Trinajstić information content (AvgIpc) is 2.92. The zero-order chi connectivity index (χ0) is 13.5. The van der Waals surface area contributed by atoms with Crippen molar-refractivity contribution in [3.63, 3.8) is 0 Å². The molecule has 0 saturated carbocycles. The third-order valence-electron chi connectivity index (χ3n) is 1.64. The van der Waals surface area contributed by atoms with Crippen LogP contribution in [0.25, 0.3) is 16.4 Å². The van der Waals surface area contributed by atoms with Crippen molar-refractivity contribution in [1.29, 1.82) is 0 Å². The van der Waals surface area contributed by atoms with Crippen molar-refractivity contribution in [2.75, 3.05) is 13.6 Å². The van der Waals surface area contributed by atoms with Crippen LogP contribution in [-0.2, 0) is 0 Å². The Morgan fingerprint density at radius 1 is 1.17 bits per heavy atom. The SMILES string of the molecule is CC.CC.CC[N-]C.[Rb+].c1cnc2[nH]ccc2c1. The minimum absolute atomic E-state index is 0. The Bertz CT molecular complexity index is 315. The summed E-state index contributed by atoms with van der Waals surface area (Å²) < 4.78 is 0. The van der Waals surface area contributed by atoms with Gasteiger partial charge in [0.25, 0.3) is 0 Å². The van der Waals surface area contributed by atoms with E-state index in [4.69, 9.17) is 0 Å². The standard InChI is InChI=1S/C7H6N2.C3H8N.2C2H6.Rb/c1-2-6-3-5-9-7(6)8-4-1;1-3-4-2;2*1-2;/h1-5H,(H,8,9);3H2,1-2H3;2*1-2H3;/q;-1;;;+1. The summed E-state index contributed by atoms with van der Waals surface area (Å²) in [5, 5.41) is 4.90. The molecule has 0 fully saturated rings. The molecule has 3 nitrogen and oxygen atoms in total. The van der Waals surface area contributed by atoms with Crippen LogP contribution in [0.15, 0.2) is 30.6 Å². The van der Waals surface area contributed by atoms with Crippen LogP contribution in [0.2, 0.25) is 0 Å². The molecule has 2 aromatic rings. The van der Waals surface area contributed by atoms with Gasteiger partial charge in [0.2, 0.25) is 0 Å². The molecule has 0 aromatic carbocycles. The summed E-state index contributed by atoms with van der Waals surface area (Å²) in [6.45, 7) is 11.0. The zero-order valence-corrected chi connectivity index (χ0v) is 17.9. The van der Waals surface area contributed by atoms with Crippen molar-refractivity contribution in [3.8, 4) is 0 Å². The molecule has 0 spiro atoms. The van der Waals surface area contributed by atoms with Gasteiger partial charge in [-0.3, -0.25) is 0 Å². The van der Waals surface area contributed by atoms with E-state index >= 15 is 0 Å². The summed E-state index contributed by atoms with van der Waals surface area (Å²) in [6, 6.07) is 5.96. The van der Waals surface area contributed by atoms with Crippen LogP contribution in [0.5, 0.6) is 0 Å². The van der Waals surface area contributed by atoms with Crippen LogP contribution in [0.3, 0.4) is 0 Å². The van der Waals surface area contributed by atoms with Gasteiger partial charge in [0.15, 0.2) is 0 Å². The molecule has 0 aliphatic heterocycles. The minimum atomic E-state index is 0. The maximum absolute atomic E-state index is 4.09. The Morgan fingerprint density at radius 2 is 1.72 bits per heavy atom. The van der Waals surface area contributed by atoms with E-state index in [1.807, 2.05) is 59.0 Å². The van der Waals surface area contributed by atoms with Gasteiger partial charge in [-0.05, 0) is 18.2 Å². The third-order valence-corrected chi connectivity index (χ3v) is 1.64. The molecule has 0 unspecified atom stereocenters. The summed E-state index contributed by atoms with van der Waals surface area (Å²) in [7, 11) is 1.81. The first-order valence-corrected chi connectivity index (χ1v) is 6.32. The molecule has 0 aliphatic rings. The number of nitrogens with zero attached hydrogens (tertiary/aromatic N) is 2. The molecule has 0 atom stereocenters. The van der Waals surface area contributed by atoms with E-state index in [-0.39, 0.29) is 58.2 Å². The second-order valence-corrected chi connectivity index (χ2v) is 2.55. The Kier molecular flexibility index (Phi) is 25.9. The molecule has 0 amide bonds. The quantitative estimate of drug-likeness (QED) is 0.852. The van der Waals surface area contributed by atoms with E-state index in [9.17, 15) is 0 Å². The van der Waals surface area contributed by atoms with Crippen molar-refractivity contribution >= 4 is 11.0 Å². The fourth-order valence-electron chi connectivity index (χ4n) is 0.883. The first-order chi connectivity index (χ1) is 8.38. The van der Waals surface area contributed by atoms with Crippen LogP contribution in [-0.4, -0.2) is 23.6 Å². The topological polar surface area (TPSA) is 42.8 Å². The molecular formula is C14H26N3Rb. The van der Waals surface area contributed by atoms with E-state index in [0.717, 1.165) is 17.6 Å². The van der Waals surface area contributed by atoms with Gasteiger partial charge < -0.3 is 10.3 Å². The van der Waals surface area contributed by atoms with E-state index in [1.165, 1.54) is 0 Å². The molecule has 0 aliphatic carbocycles. The average molecular weight is 322 g/mol. The van der Waals surface area contributed by atoms with Gasteiger partial charge in [0.1, 0.15) is 5.65 Å². The first-order valence-electron chi connectivity index (χ1n) is 6.32. The number of H-pyrrole nitrogens is 1. The van der Waals surface area contributed by atoms with Gasteiger partial charge in [-0.15, -0.1) is 0 Å². The molecule has 98 valence electrons. The molecule has 0 saturated heterocycles. The number of aromatic amines is 1. The molecular weight excluding hydrogens is 296 g/mol. The van der Waals surface area contributed by atoms with Crippen LogP contribution < -0.4 is 58.2 Å².